The third kappa shape index (κ3) is 11.1. The van der Waals surface area contributed by atoms with Crippen LogP contribution in [0, 0.1) is 0 Å². The van der Waals surface area contributed by atoms with Crippen LogP contribution >= 0.6 is 0 Å². The van der Waals surface area contributed by atoms with E-state index in [4.69, 9.17) is 9.47 Å². The normalized spacial score (nSPS) is 9.95. The van der Waals surface area contributed by atoms with E-state index in [0.29, 0.717) is 34.2 Å². The average molecular weight is 577 g/mol. The molecule has 0 bridgehead atoms. The second-order valence-electron chi connectivity index (χ2n) is 8.57. The van der Waals surface area contributed by atoms with Crippen molar-refractivity contribution in [3.8, 4) is 11.5 Å². The summed E-state index contributed by atoms with van der Waals surface area (Å²) in [7, 11) is 0. The lowest BCUT2D eigenvalue weighted by atomic mass is 10.3. The number of ether oxygens (including phenoxy) is 2. The van der Waals surface area contributed by atoms with E-state index in [1.807, 2.05) is 0 Å². The van der Waals surface area contributed by atoms with Gasteiger partial charge in [0.1, 0.15) is 11.5 Å². The quantitative estimate of drug-likeness (QED) is 0.212. The van der Waals surface area contributed by atoms with Crippen LogP contribution in [0.1, 0.15) is 13.8 Å². The fourth-order valence-corrected chi connectivity index (χ4v) is 3.26. The fourth-order valence-electron chi connectivity index (χ4n) is 3.26. The van der Waals surface area contributed by atoms with E-state index in [9.17, 15) is 28.8 Å². The maximum Gasteiger partial charge on any atom is 0.325 e. The number of imide groups is 2. The number of rotatable bonds is 10. The Labute approximate surface area is 240 Å². The molecular formula is C28H28N6O8. The minimum absolute atomic E-state index is 0.226. The van der Waals surface area contributed by atoms with Gasteiger partial charge in [0.2, 0.25) is 11.8 Å². The molecule has 42 heavy (non-hydrogen) atoms. The van der Waals surface area contributed by atoms with Gasteiger partial charge in [0.05, 0.1) is 0 Å². The standard InChI is InChI=1S/C28H28N6O8/c1-17(35)29-19-3-7-21(8-4-19)31-27(39)33-25(37)15-41-23-11-13-24(14-12-23)42-16-26(38)34-28(40)32-22-9-5-20(6-10-22)30-18(2)36/h3-14H,15-16H2,1-2H3,(H,29,35)(H,30,36)(H2,31,33,37,39)(H2,32,34,38,40). The highest BCUT2D eigenvalue weighted by molar-refractivity contribution is 6.02. The van der Waals surface area contributed by atoms with Crippen LogP contribution in [-0.2, 0) is 19.2 Å². The molecule has 3 aromatic rings. The molecule has 0 saturated heterocycles. The lowest BCUT2D eigenvalue weighted by Crippen LogP contribution is -2.37. The molecule has 0 fully saturated rings. The summed E-state index contributed by atoms with van der Waals surface area (Å²) in [6.07, 6.45) is 0. The molecule has 0 saturated carbocycles. The predicted molar refractivity (Wildman–Crippen MR) is 153 cm³/mol. The van der Waals surface area contributed by atoms with Crippen LogP contribution in [0.2, 0.25) is 0 Å². The first kappa shape index (κ1) is 30.6. The molecule has 0 unspecified atom stereocenters. The number of benzene rings is 3. The summed E-state index contributed by atoms with van der Waals surface area (Å²) in [6, 6.07) is 17.1. The molecule has 0 radical (unpaired) electrons. The van der Waals surface area contributed by atoms with E-state index in [-0.39, 0.29) is 11.8 Å². The molecule has 0 aliphatic heterocycles. The van der Waals surface area contributed by atoms with Crippen molar-refractivity contribution < 1.29 is 38.2 Å². The van der Waals surface area contributed by atoms with Crippen molar-refractivity contribution in [2.24, 2.45) is 0 Å². The maximum absolute atomic E-state index is 12.0. The molecule has 0 aromatic heterocycles. The minimum Gasteiger partial charge on any atom is -0.484 e. The van der Waals surface area contributed by atoms with E-state index in [2.05, 4.69) is 31.9 Å². The van der Waals surface area contributed by atoms with Crippen LogP contribution in [-0.4, -0.2) is 48.9 Å². The van der Waals surface area contributed by atoms with Crippen molar-refractivity contribution in [3.63, 3.8) is 0 Å². The van der Waals surface area contributed by atoms with Gasteiger partial charge >= 0.3 is 12.1 Å². The summed E-state index contributed by atoms with van der Waals surface area (Å²) in [4.78, 5) is 70.2. The zero-order valence-electron chi connectivity index (χ0n) is 22.6. The van der Waals surface area contributed by atoms with Crippen molar-refractivity contribution in [1.29, 1.82) is 0 Å². The predicted octanol–water partition coefficient (Wildman–Crippen LogP) is 3.06. The Balaban J connectivity index is 1.34. The zero-order valence-corrected chi connectivity index (χ0v) is 22.6. The lowest BCUT2D eigenvalue weighted by Gasteiger charge is -2.10. The zero-order chi connectivity index (χ0) is 30.5. The van der Waals surface area contributed by atoms with Crippen molar-refractivity contribution >= 4 is 58.4 Å². The number of carbonyl (C=O) groups excluding carboxylic acids is 6. The van der Waals surface area contributed by atoms with Gasteiger partial charge in [-0.15, -0.1) is 0 Å². The third-order valence-electron chi connectivity index (χ3n) is 5.00. The Bertz CT molecular complexity index is 1330. The molecule has 8 amide bonds. The highest BCUT2D eigenvalue weighted by atomic mass is 16.5. The van der Waals surface area contributed by atoms with Crippen LogP contribution in [0.4, 0.5) is 32.3 Å². The first-order chi connectivity index (χ1) is 20.0. The van der Waals surface area contributed by atoms with Gasteiger partial charge in [0.25, 0.3) is 11.8 Å². The van der Waals surface area contributed by atoms with Crippen LogP contribution < -0.4 is 41.4 Å². The number of urea groups is 2. The second-order valence-corrected chi connectivity index (χ2v) is 8.57. The molecule has 0 heterocycles. The number of hydrogen-bond donors (Lipinski definition) is 6. The Morgan fingerprint density at radius 1 is 0.476 bits per heavy atom. The van der Waals surface area contributed by atoms with Crippen molar-refractivity contribution in [2.45, 2.75) is 13.8 Å². The number of anilines is 4. The van der Waals surface area contributed by atoms with Crippen LogP contribution in [0.5, 0.6) is 11.5 Å². The van der Waals surface area contributed by atoms with E-state index >= 15 is 0 Å². The molecule has 0 spiro atoms. The van der Waals surface area contributed by atoms with Crippen LogP contribution in [0.15, 0.2) is 72.8 Å². The first-order valence-electron chi connectivity index (χ1n) is 12.4. The molecule has 3 rings (SSSR count). The van der Waals surface area contributed by atoms with Crippen LogP contribution in [0.3, 0.4) is 0 Å². The number of nitrogens with one attached hydrogen (secondary N) is 6. The van der Waals surface area contributed by atoms with E-state index < -0.39 is 37.1 Å². The molecule has 14 nitrogen and oxygen atoms in total. The molecule has 0 aliphatic carbocycles. The summed E-state index contributed by atoms with van der Waals surface area (Å²) >= 11 is 0. The van der Waals surface area contributed by atoms with Gasteiger partial charge in [0.15, 0.2) is 13.2 Å². The van der Waals surface area contributed by atoms with Gasteiger partial charge in [-0.25, -0.2) is 9.59 Å². The largest absolute Gasteiger partial charge is 0.484 e. The van der Waals surface area contributed by atoms with E-state index in [1.165, 1.54) is 38.1 Å². The number of amides is 8. The molecule has 0 aliphatic rings. The maximum atomic E-state index is 12.0. The third-order valence-corrected chi connectivity index (χ3v) is 5.00. The highest BCUT2D eigenvalue weighted by Crippen LogP contribution is 2.18. The molecular weight excluding hydrogens is 548 g/mol. The van der Waals surface area contributed by atoms with Gasteiger partial charge in [0, 0.05) is 36.6 Å². The Morgan fingerprint density at radius 3 is 1.05 bits per heavy atom. The fraction of sp³-hybridized carbons (Fsp3) is 0.143. The van der Waals surface area contributed by atoms with Gasteiger partial charge in [-0.1, -0.05) is 0 Å². The summed E-state index contributed by atoms with van der Waals surface area (Å²) in [5.74, 6) is -1.23. The number of carbonyl (C=O) groups is 6. The topological polar surface area (TPSA) is 193 Å². The Kier molecular flexibility index (Phi) is 11.0. The second kappa shape index (κ2) is 15.0. The van der Waals surface area contributed by atoms with Crippen molar-refractivity contribution in [1.82, 2.24) is 10.6 Å². The Hall–Kier alpha value is -5.92. The Morgan fingerprint density at radius 2 is 0.762 bits per heavy atom. The lowest BCUT2D eigenvalue weighted by molar-refractivity contribution is -0.122. The highest BCUT2D eigenvalue weighted by Gasteiger charge is 2.11. The van der Waals surface area contributed by atoms with E-state index in [1.54, 1.807) is 48.5 Å². The molecule has 6 N–H and O–H groups in total. The van der Waals surface area contributed by atoms with Crippen molar-refractivity contribution in [2.75, 3.05) is 34.5 Å². The van der Waals surface area contributed by atoms with Crippen molar-refractivity contribution in [3.05, 3.63) is 72.8 Å². The average Bonchev–Trinajstić information content (AvgIpc) is 2.93. The SMILES string of the molecule is CC(=O)Nc1ccc(NC(=O)NC(=O)COc2ccc(OCC(=O)NC(=O)Nc3ccc(NC(C)=O)cc3)cc2)cc1. The van der Waals surface area contributed by atoms with Gasteiger partial charge in [-0.3, -0.25) is 29.8 Å². The molecule has 3 aromatic carbocycles. The minimum atomic E-state index is -0.758. The van der Waals surface area contributed by atoms with Gasteiger partial charge in [-0.05, 0) is 72.8 Å². The summed E-state index contributed by atoms with van der Waals surface area (Å²) < 4.78 is 10.7. The molecule has 0 atom stereocenters. The van der Waals surface area contributed by atoms with Gasteiger partial charge < -0.3 is 30.7 Å². The summed E-state index contributed by atoms with van der Waals surface area (Å²) in [6.45, 7) is 1.87. The molecule has 14 heteroatoms. The summed E-state index contributed by atoms with van der Waals surface area (Å²) in [5, 5.41) is 14.4. The van der Waals surface area contributed by atoms with E-state index in [0.717, 1.165) is 0 Å². The smallest absolute Gasteiger partial charge is 0.325 e. The summed E-state index contributed by atoms with van der Waals surface area (Å²) in [5.41, 5.74) is 1.94. The van der Waals surface area contributed by atoms with Gasteiger partial charge in [-0.2, -0.15) is 0 Å². The number of hydrogen-bond acceptors (Lipinski definition) is 8. The molecule has 218 valence electrons. The van der Waals surface area contributed by atoms with Crippen LogP contribution in [0.25, 0.3) is 0 Å². The monoisotopic (exact) mass is 576 g/mol. The first-order valence-corrected chi connectivity index (χ1v) is 12.4.